The maximum Gasteiger partial charge on any atom is 0.190 e. The van der Waals surface area contributed by atoms with Gasteiger partial charge in [-0.15, -0.1) is 0 Å². The van der Waals surface area contributed by atoms with Crippen molar-refractivity contribution >= 4 is 29.6 Å². The minimum atomic E-state index is -3.65. The molecule has 2 N–H and O–H groups in total. The van der Waals surface area contributed by atoms with Crippen LogP contribution in [0.5, 0.6) is 0 Å². The zero-order valence-corrected chi connectivity index (χ0v) is 30.6. The van der Waals surface area contributed by atoms with Crippen molar-refractivity contribution in [1.29, 1.82) is 0 Å². The summed E-state index contributed by atoms with van der Waals surface area (Å²) in [5.74, 6) is 3.70. The Morgan fingerprint density at radius 1 is 0.353 bits per heavy atom. The van der Waals surface area contributed by atoms with Gasteiger partial charge in [-0.3, -0.25) is 0 Å². The van der Waals surface area contributed by atoms with Gasteiger partial charge in [-0.05, 0) is 155 Å². The van der Waals surface area contributed by atoms with Crippen molar-refractivity contribution < 1.29 is 10.2 Å². The third kappa shape index (κ3) is 4.06. The zero-order chi connectivity index (χ0) is 34.0. The molecule has 4 aromatic rings. The molecule has 8 aliphatic carbocycles. The first-order chi connectivity index (χ1) is 25.0. The van der Waals surface area contributed by atoms with Crippen LogP contribution in [0.1, 0.15) is 86.5 Å². The van der Waals surface area contributed by atoms with Gasteiger partial charge >= 0.3 is 0 Å². The van der Waals surface area contributed by atoms with E-state index in [0.29, 0.717) is 23.7 Å². The first-order valence-corrected chi connectivity index (χ1v) is 22.2. The molecule has 0 atom stereocenters. The van der Waals surface area contributed by atoms with E-state index in [0.717, 1.165) is 51.4 Å². The van der Waals surface area contributed by atoms with Crippen LogP contribution in [0, 0.1) is 47.3 Å². The Kier molecular flexibility index (Phi) is 6.85. The molecule has 8 fully saturated rings. The lowest BCUT2D eigenvalue weighted by Gasteiger charge is -2.72. The lowest BCUT2D eigenvalue weighted by Crippen LogP contribution is -2.84. The Hall–Kier alpha value is -3.50. The van der Waals surface area contributed by atoms with E-state index in [9.17, 15) is 10.2 Å². The Labute approximate surface area is 304 Å². The minimum absolute atomic E-state index is 0.214. The van der Waals surface area contributed by atoms with E-state index in [-0.39, 0.29) is 23.7 Å². The van der Waals surface area contributed by atoms with Crippen LogP contribution in [-0.2, 0) is 0 Å². The normalized spacial score (nSPS) is 38.5. The quantitative estimate of drug-likeness (QED) is 0.198. The fraction of sp³-hybridized carbons (Fsp3) is 0.417. The molecular formula is C48H50O2Si. The lowest BCUT2D eigenvalue weighted by molar-refractivity contribution is -0.159. The molecule has 2 nitrogen and oxygen atoms in total. The van der Waals surface area contributed by atoms with Gasteiger partial charge in [-0.25, -0.2) is 0 Å². The van der Waals surface area contributed by atoms with Crippen molar-refractivity contribution in [2.24, 2.45) is 47.3 Å². The van der Waals surface area contributed by atoms with E-state index in [1.165, 1.54) is 56.6 Å². The first kappa shape index (κ1) is 31.1. The molecular weight excluding hydrogens is 637 g/mol. The number of hydrogen-bond acceptors (Lipinski definition) is 2. The molecule has 1 heterocycles. The Morgan fingerprint density at radius 2 is 0.608 bits per heavy atom. The highest BCUT2D eigenvalue weighted by atomic mass is 28.3. The van der Waals surface area contributed by atoms with Gasteiger partial charge in [0.15, 0.2) is 8.07 Å². The standard InChI is InChI=1S/C48H50O2Si/c49-47(39-23-31-21-32(25-39)26-40(47)24-31)51(48(50)41-27-33-22-34(29-41)30-42(48)28-33)45(37-17-9-3-10-18-37)43(35-13-5-1-6-14-35)44(36-15-7-2-8-16-36)46(51)38-19-11-4-12-20-38/h1-20,31-34,39-42,49-50H,21-30H2. The van der Waals surface area contributed by atoms with E-state index in [4.69, 9.17) is 0 Å². The molecule has 8 saturated carbocycles. The van der Waals surface area contributed by atoms with Gasteiger partial charge in [-0.2, -0.15) is 0 Å². The van der Waals surface area contributed by atoms with Gasteiger partial charge in [-0.1, -0.05) is 121 Å². The topological polar surface area (TPSA) is 40.5 Å². The highest BCUT2D eigenvalue weighted by Gasteiger charge is 2.81. The van der Waals surface area contributed by atoms with Crippen molar-refractivity contribution in [2.45, 2.75) is 74.7 Å². The second kappa shape index (κ2) is 11.2. The average molecular weight is 687 g/mol. The summed E-state index contributed by atoms with van der Waals surface area (Å²) in [6.45, 7) is 0. The van der Waals surface area contributed by atoms with Crippen LogP contribution in [0.4, 0.5) is 0 Å². The molecule has 0 unspecified atom stereocenters. The summed E-state index contributed by atoms with van der Waals surface area (Å²) in [6.07, 6.45) is 11.6. The third-order valence-electron chi connectivity index (χ3n) is 15.7. The van der Waals surface area contributed by atoms with Crippen molar-refractivity contribution in [3.05, 3.63) is 144 Å². The monoisotopic (exact) mass is 686 g/mol. The Balaban J connectivity index is 1.37. The molecule has 9 aliphatic rings. The molecule has 258 valence electrons. The predicted molar refractivity (Wildman–Crippen MR) is 209 cm³/mol. The maximum absolute atomic E-state index is 14.9. The fourth-order valence-electron chi connectivity index (χ4n) is 14.6. The molecule has 0 spiro atoms. The molecule has 0 aromatic heterocycles. The number of allylic oxidation sites excluding steroid dienone is 2. The molecule has 4 aromatic carbocycles. The number of aliphatic hydroxyl groups is 2. The van der Waals surface area contributed by atoms with Crippen molar-refractivity contribution in [2.75, 3.05) is 0 Å². The molecule has 51 heavy (non-hydrogen) atoms. The van der Waals surface area contributed by atoms with E-state index < -0.39 is 18.5 Å². The smallest absolute Gasteiger partial charge is 0.190 e. The van der Waals surface area contributed by atoms with Crippen molar-refractivity contribution in [1.82, 2.24) is 0 Å². The summed E-state index contributed by atoms with van der Waals surface area (Å²) in [6, 6.07) is 44.6. The van der Waals surface area contributed by atoms with Crippen LogP contribution >= 0.6 is 0 Å². The van der Waals surface area contributed by atoms with Gasteiger partial charge < -0.3 is 10.2 Å². The van der Waals surface area contributed by atoms with Crippen LogP contribution < -0.4 is 0 Å². The largest absolute Gasteiger partial charge is 0.392 e. The van der Waals surface area contributed by atoms with Crippen LogP contribution in [0.2, 0.25) is 0 Å². The summed E-state index contributed by atoms with van der Waals surface area (Å²) in [4.78, 5) is 0. The van der Waals surface area contributed by atoms with Gasteiger partial charge in [0.05, 0.1) is 10.4 Å². The Bertz CT molecular complexity index is 1830. The highest BCUT2D eigenvalue weighted by molar-refractivity contribution is 7.18. The SMILES string of the molecule is OC1([Si]2(C3(O)C4CC5CC(C4)CC3C5)C(c3ccccc3)=C(c3ccccc3)C(c3ccccc3)=C2c2ccccc2)C2CC3CC(C2)CC1C3. The fourth-order valence-corrected chi connectivity index (χ4v) is 23.0. The number of benzene rings is 4. The molecule has 8 bridgehead atoms. The highest BCUT2D eigenvalue weighted by Crippen LogP contribution is 2.75. The van der Waals surface area contributed by atoms with Crippen LogP contribution in [0.15, 0.2) is 121 Å². The van der Waals surface area contributed by atoms with Crippen LogP contribution in [0.25, 0.3) is 21.5 Å². The second-order valence-electron chi connectivity index (χ2n) is 18.0. The van der Waals surface area contributed by atoms with Crippen molar-refractivity contribution in [3.8, 4) is 0 Å². The Morgan fingerprint density at radius 3 is 0.882 bits per heavy atom. The van der Waals surface area contributed by atoms with Crippen molar-refractivity contribution in [3.63, 3.8) is 0 Å². The van der Waals surface area contributed by atoms with Crippen LogP contribution in [-0.4, -0.2) is 28.7 Å². The predicted octanol–water partition coefficient (Wildman–Crippen LogP) is 10.2. The zero-order valence-electron chi connectivity index (χ0n) is 29.6. The summed E-state index contributed by atoms with van der Waals surface area (Å²) in [5.41, 5.74) is 7.38. The minimum Gasteiger partial charge on any atom is -0.392 e. The molecule has 13 rings (SSSR count). The van der Waals surface area contributed by atoms with Gasteiger partial charge in [0.25, 0.3) is 0 Å². The number of hydrogen-bond donors (Lipinski definition) is 2. The summed E-state index contributed by atoms with van der Waals surface area (Å²) < 4.78 is 0. The van der Waals surface area contributed by atoms with Crippen LogP contribution in [0.3, 0.4) is 0 Å². The molecule has 1 aliphatic heterocycles. The van der Waals surface area contributed by atoms with Gasteiger partial charge in [0, 0.05) is 0 Å². The molecule has 3 heteroatoms. The van der Waals surface area contributed by atoms with E-state index in [1.807, 2.05) is 0 Å². The van der Waals surface area contributed by atoms with E-state index in [2.05, 4.69) is 121 Å². The van der Waals surface area contributed by atoms with E-state index >= 15 is 0 Å². The second-order valence-corrected chi connectivity index (χ2v) is 22.1. The average Bonchev–Trinajstić information content (AvgIpc) is 3.50. The number of rotatable bonds is 6. The molecule has 0 radical (unpaired) electrons. The molecule has 0 amide bonds. The maximum atomic E-state index is 14.9. The molecule has 0 saturated heterocycles. The first-order valence-electron chi connectivity index (χ1n) is 20.2. The summed E-state index contributed by atoms with van der Waals surface area (Å²) in [7, 11) is -3.65. The van der Waals surface area contributed by atoms with E-state index in [1.54, 1.807) is 0 Å². The van der Waals surface area contributed by atoms with Gasteiger partial charge in [0.2, 0.25) is 0 Å². The summed E-state index contributed by atoms with van der Waals surface area (Å²) in [5, 5.41) is 30.6. The lowest BCUT2D eigenvalue weighted by atomic mass is 9.54. The summed E-state index contributed by atoms with van der Waals surface area (Å²) >= 11 is 0. The third-order valence-corrected chi connectivity index (χ3v) is 22.3. The van der Waals surface area contributed by atoms with Gasteiger partial charge in [0.1, 0.15) is 0 Å².